The number of carbonyl (C=O) groups excluding carboxylic acids is 1. The molecule has 1 fully saturated rings. The van der Waals surface area contributed by atoms with Gasteiger partial charge in [0.15, 0.2) is 5.13 Å². The van der Waals surface area contributed by atoms with Crippen LogP contribution in [0.3, 0.4) is 0 Å². The van der Waals surface area contributed by atoms with Crippen LogP contribution in [0.1, 0.15) is 24.3 Å². The molecule has 4 heterocycles. The van der Waals surface area contributed by atoms with Crippen LogP contribution >= 0.6 is 11.3 Å². The molecule has 1 aliphatic heterocycles. The number of fused-ring (bicyclic) bond motifs is 1. The zero-order chi connectivity index (χ0) is 24.2. The Balaban J connectivity index is 0.00000304. The van der Waals surface area contributed by atoms with Crippen molar-refractivity contribution in [1.29, 1.82) is 0 Å². The number of amides is 1. The molecule has 0 atom stereocenters. The average molecular weight is 512 g/mol. The summed E-state index contributed by atoms with van der Waals surface area (Å²) in [5, 5.41) is 17.2. The molecule has 1 aromatic carbocycles. The Labute approximate surface area is 211 Å². The number of carbonyl (C=O) groups is 1. The Morgan fingerprint density at radius 2 is 2.08 bits per heavy atom. The first kappa shape index (κ1) is 25.4. The van der Waals surface area contributed by atoms with E-state index >= 15 is 0 Å². The lowest BCUT2D eigenvalue weighted by Crippen LogP contribution is -2.43. The van der Waals surface area contributed by atoms with Gasteiger partial charge in [0.1, 0.15) is 17.0 Å². The standard InChI is InChI=1S/C23H25N7O4S.CH4/c31-11-2-12-34-19-4-1-3-18-20(19)28-22(33)30(18)23-27-16(14-35-23)21(32)26-15-13-25-6-5-17(15)29-9-7-24-8-10-29;/h1,3-6,13-14,24,31H,2,7-12H2,(H,26,32)(H,28,33);1H4. The quantitative estimate of drug-likeness (QED) is 0.264. The fraction of sp³-hybridized carbons (Fsp3) is 0.333. The van der Waals surface area contributed by atoms with E-state index in [1.807, 2.05) is 6.07 Å². The van der Waals surface area contributed by atoms with Crippen LogP contribution in [0, 0.1) is 0 Å². The van der Waals surface area contributed by atoms with Crippen LogP contribution in [0.4, 0.5) is 11.4 Å². The van der Waals surface area contributed by atoms with Gasteiger partial charge >= 0.3 is 5.69 Å². The number of hydrogen-bond acceptors (Lipinski definition) is 9. The number of pyridine rings is 1. The number of anilines is 2. The SMILES string of the molecule is C.O=C(Nc1cnccc1N1CCNCC1)c1csc(-n2c(=O)[nH]c3c(OCCCO)cccc32)n1. The summed E-state index contributed by atoms with van der Waals surface area (Å²) < 4.78 is 7.12. The van der Waals surface area contributed by atoms with Crippen LogP contribution in [-0.4, -0.2) is 69.9 Å². The molecule has 0 bridgehead atoms. The Kier molecular flexibility index (Phi) is 7.98. The zero-order valence-electron chi connectivity index (χ0n) is 18.9. The Bertz CT molecular complexity index is 1390. The van der Waals surface area contributed by atoms with Crippen molar-refractivity contribution in [2.24, 2.45) is 0 Å². The second kappa shape index (κ2) is 11.3. The van der Waals surface area contributed by atoms with E-state index in [1.165, 1.54) is 15.9 Å². The highest BCUT2D eigenvalue weighted by molar-refractivity contribution is 7.12. The highest BCUT2D eigenvalue weighted by Crippen LogP contribution is 2.28. The van der Waals surface area contributed by atoms with Crippen LogP contribution < -0.4 is 26.0 Å². The molecule has 0 aliphatic carbocycles. The molecule has 12 heteroatoms. The van der Waals surface area contributed by atoms with E-state index in [0.717, 1.165) is 31.9 Å². The number of nitrogens with one attached hydrogen (secondary N) is 3. The van der Waals surface area contributed by atoms with Gasteiger partial charge in [-0.2, -0.15) is 0 Å². The molecule has 1 amide bonds. The number of thiazole rings is 1. The van der Waals surface area contributed by atoms with Gasteiger partial charge in [-0.25, -0.2) is 14.3 Å². The van der Waals surface area contributed by atoms with Crippen molar-refractivity contribution in [3.63, 3.8) is 0 Å². The molecule has 0 saturated carbocycles. The minimum atomic E-state index is -0.382. The van der Waals surface area contributed by atoms with Crippen molar-refractivity contribution >= 4 is 39.7 Å². The monoisotopic (exact) mass is 511 g/mol. The van der Waals surface area contributed by atoms with Crippen molar-refractivity contribution in [2.45, 2.75) is 13.8 Å². The van der Waals surface area contributed by atoms with Gasteiger partial charge in [-0.05, 0) is 18.2 Å². The van der Waals surface area contributed by atoms with Crippen LogP contribution in [0.15, 0.2) is 46.8 Å². The van der Waals surface area contributed by atoms with E-state index in [2.05, 4.69) is 30.5 Å². The summed E-state index contributed by atoms with van der Waals surface area (Å²) in [7, 11) is 0. The average Bonchev–Trinajstić information content (AvgIpc) is 3.49. The Morgan fingerprint density at radius 1 is 1.25 bits per heavy atom. The smallest absolute Gasteiger partial charge is 0.333 e. The first-order valence-corrected chi connectivity index (χ1v) is 12.2. The van der Waals surface area contributed by atoms with E-state index in [4.69, 9.17) is 9.84 Å². The van der Waals surface area contributed by atoms with Crippen LogP contribution in [-0.2, 0) is 0 Å². The van der Waals surface area contributed by atoms with Gasteiger partial charge in [-0.1, -0.05) is 13.5 Å². The molecule has 190 valence electrons. The summed E-state index contributed by atoms with van der Waals surface area (Å²) in [4.78, 5) is 39.4. The molecular formula is C24H29N7O4S. The third-order valence-corrected chi connectivity index (χ3v) is 6.49. The molecule has 0 spiro atoms. The second-order valence-corrected chi connectivity index (χ2v) is 8.78. The molecule has 1 saturated heterocycles. The largest absolute Gasteiger partial charge is 0.491 e. The van der Waals surface area contributed by atoms with Crippen molar-refractivity contribution in [1.82, 2.24) is 24.8 Å². The summed E-state index contributed by atoms with van der Waals surface area (Å²) in [5.74, 6) is 0.135. The lowest BCUT2D eigenvalue weighted by atomic mass is 10.2. The molecule has 4 N–H and O–H groups in total. The number of hydrogen-bond donors (Lipinski definition) is 4. The van der Waals surface area contributed by atoms with E-state index in [0.29, 0.717) is 40.6 Å². The van der Waals surface area contributed by atoms with E-state index < -0.39 is 0 Å². The van der Waals surface area contributed by atoms with Crippen LogP contribution in [0.25, 0.3) is 16.2 Å². The number of H-pyrrole nitrogens is 1. The van der Waals surface area contributed by atoms with Gasteiger partial charge < -0.3 is 30.4 Å². The van der Waals surface area contributed by atoms with E-state index in [-0.39, 0.29) is 31.3 Å². The van der Waals surface area contributed by atoms with Gasteiger partial charge in [0.25, 0.3) is 5.91 Å². The number of aromatic amines is 1. The molecule has 1 aliphatic rings. The second-order valence-electron chi connectivity index (χ2n) is 7.94. The molecular weight excluding hydrogens is 482 g/mol. The normalized spacial score (nSPS) is 13.4. The summed E-state index contributed by atoms with van der Waals surface area (Å²) >= 11 is 1.20. The first-order valence-electron chi connectivity index (χ1n) is 11.3. The van der Waals surface area contributed by atoms with Gasteiger partial charge in [0.05, 0.1) is 29.7 Å². The topological polar surface area (TPSA) is 137 Å². The number of benzene rings is 1. The summed E-state index contributed by atoms with van der Waals surface area (Å²) in [6, 6.07) is 7.20. The number of aliphatic hydroxyl groups excluding tert-OH is 1. The summed E-state index contributed by atoms with van der Waals surface area (Å²) in [6.45, 7) is 3.77. The molecule has 4 aromatic rings. The third-order valence-electron chi connectivity index (χ3n) is 5.66. The lowest BCUT2D eigenvalue weighted by Gasteiger charge is -2.30. The maximum Gasteiger partial charge on any atom is 0.333 e. The highest BCUT2D eigenvalue weighted by atomic mass is 32.1. The number of rotatable bonds is 8. The fourth-order valence-corrected chi connectivity index (χ4v) is 4.80. The van der Waals surface area contributed by atoms with Crippen LogP contribution in [0.2, 0.25) is 0 Å². The van der Waals surface area contributed by atoms with Gasteiger partial charge in [0, 0.05) is 50.8 Å². The minimum Gasteiger partial charge on any atom is -0.491 e. The van der Waals surface area contributed by atoms with E-state index in [1.54, 1.807) is 36.0 Å². The molecule has 3 aromatic heterocycles. The molecule has 0 unspecified atom stereocenters. The number of aromatic nitrogens is 4. The van der Waals surface area contributed by atoms with Crippen molar-refractivity contribution in [3.05, 3.63) is 58.2 Å². The molecule has 0 radical (unpaired) electrons. The fourth-order valence-electron chi connectivity index (χ4n) is 3.98. The lowest BCUT2D eigenvalue weighted by molar-refractivity contribution is 0.102. The number of aliphatic hydroxyl groups is 1. The molecule has 36 heavy (non-hydrogen) atoms. The molecule has 5 rings (SSSR count). The summed E-state index contributed by atoms with van der Waals surface area (Å²) in [5.41, 5.74) is 2.47. The minimum absolute atomic E-state index is 0. The first-order chi connectivity index (χ1) is 17.2. The van der Waals surface area contributed by atoms with Gasteiger partial charge in [0.2, 0.25) is 0 Å². The number of piperazine rings is 1. The van der Waals surface area contributed by atoms with Crippen molar-refractivity contribution in [3.8, 4) is 10.9 Å². The van der Waals surface area contributed by atoms with Crippen LogP contribution in [0.5, 0.6) is 5.75 Å². The summed E-state index contributed by atoms with van der Waals surface area (Å²) in [6.07, 6.45) is 3.82. The number of ether oxygens (including phenoxy) is 1. The Hall–Kier alpha value is -3.74. The van der Waals surface area contributed by atoms with E-state index in [9.17, 15) is 9.59 Å². The maximum atomic E-state index is 13.0. The zero-order valence-corrected chi connectivity index (χ0v) is 19.7. The number of para-hydroxylation sites is 1. The van der Waals surface area contributed by atoms with Crippen molar-refractivity contribution in [2.75, 3.05) is 49.6 Å². The third kappa shape index (κ3) is 5.10. The van der Waals surface area contributed by atoms with Gasteiger partial charge in [-0.15, -0.1) is 11.3 Å². The highest BCUT2D eigenvalue weighted by Gasteiger charge is 2.20. The maximum absolute atomic E-state index is 13.0. The molecule has 11 nitrogen and oxygen atoms in total. The predicted octanol–water partition coefficient (Wildman–Crippen LogP) is 2.23. The number of nitrogens with zero attached hydrogens (tertiary/aromatic N) is 4. The predicted molar refractivity (Wildman–Crippen MR) is 141 cm³/mol. The number of imidazole rings is 1. The van der Waals surface area contributed by atoms with Gasteiger partial charge in [-0.3, -0.25) is 9.78 Å². The van der Waals surface area contributed by atoms with Crippen molar-refractivity contribution < 1.29 is 14.6 Å². The Morgan fingerprint density at radius 3 is 2.89 bits per heavy atom.